The summed E-state index contributed by atoms with van der Waals surface area (Å²) in [7, 11) is 0. The van der Waals surface area contributed by atoms with Crippen molar-refractivity contribution in [2.75, 3.05) is 0 Å². The summed E-state index contributed by atoms with van der Waals surface area (Å²) in [5.74, 6) is 4.48. The lowest BCUT2D eigenvalue weighted by Gasteiger charge is -2.50. The Labute approximate surface area is 150 Å². The summed E-state index contributed by atoms with van der Waals surface area (Å²) in [4.78, 5) is 0. The third-order valence-electron chi connectivity index (χ3n) is 6.81. The molecular formula is C23H50. The topological polar surface area (TPSA) is 0 Å². The van der Waals surface area contributed by atoms with Gasteiger partial charge < -0.3 is 0 Å². The quantitative estimate of drug-likeness (QED) is 0.458. The van der Waals surface area contributed by atoms with Crippen molar-refractivity contribution in [3.05, 3.63) is 0 Å². The van der Waals surface area contributed by atoms with Crippen LogP contribution in [0.2, 0.25) is 0 Å². The van der Waals surface area contributed by atoms with Gasteiger partial charge >= 0.3 is 0 Å². The molecule has 0 aromatic rings. The molecule has 0 radical (unpaired) electrons. The average molecular weight is 327 g/mol. The molecule has 0 bridgehead atoms. The largest absolute Gasteiger partial charge is 0.0683 e. The van der Waals surface area contributed by atoms with E-state index in [9.17, 15) is 0 Å². The monoisotopic (exact) mass is 326 g/mol. The molecule has 4 unspecified atom stereocenters. The minimum absolute atomic E-state index is 0.576. The van der Waals surface area contributed by atoms with Crippen LogP contribution in [0.1, 0.15) is 115 Å². The van der Waals surface area contributed by atoms with Crippen LogP contribution in [0.4, 0.5) is 0 Å². The summed E-state index contributed by atoms with van der Waals surface area (Å²) in [6.45, 7) is 25.2. The van der Waals surface area contributed by atoms with Crippen LogP contribution >= 0.6 is 0 Å². The van der Waals surface area contributed by atoms with Crippen LogP contribution in [0.5, 0.6) is 0 Å². The summed E-state index contributed by atoms with van der Waals surface area (Å²) in [6.07, 6.45) is 8.66. The minimum Gasteiger partial charge on any atom is -0.0683 e. The van der Waals surface area contributed by atoms with Crippen molar-refractivity contribution < 1.29 is 0 Å². The van der Waals surface area contributed by atoms with Gasteiger partial charge in [-0.25, -0.2) is 0 Å². The summed E-state index contributed by atoms with van der Waals surface area (Å²) < 4.78 is 0. The van der Waals surface area contributed by atoms with Gasteiger partial charge in [0.15, 0.2) is 0 Å². The molecule has 1 aliphatic carbocycles. The number of hydrogen-bond donors (Lipinski definition) is 0. The second kappa shape index (κ2) is 13.3. The van der Waals surface area contributed by atoms with Crippen LogP contribution < -0.4 is 0 Å². The van der Waals surface area contributed by atoms with Crippen LogP contribution in [-0.2, 0) is 0 Å². The molecule has 1 aliphatic rings. The van der Waals surface area contributed by atoms with Gasteiger partial charge in [-0.15, -0.1) is 0 Å². The van der Waals surface area contributed by atoms with E-state index in [1.54, 1.807) is 0 Å². The standard InChI is InChI=1S/C19H38.2C2H6/c1-8-15(4)11-12-18-10-9-13-19(7,17(18)6)16(5)14(2)3;2*1-2/h14-18H,8-13H2,1-7H3;2*1-2H3/t15?,16?,17?,18?,19-;;/m0../s1. The summed E-state index contributed by atoms with van der Waals surface area (Å²) >= 11 is 0. The maximum atomic E-state index is 2.58. The van der Waals surface area contributed by atoms with Crippen molar-refractivity contribution in [1.29, 1.82) is 0 Å². The molecule has 23 heavy (non-hydrogen) atoms. The Morgan fingerprint density at radius 2 is 1.52 bits per heavy atom. The van der Waals surface area contributed by atoms with E-state index in [2.05, 4.69) is 48.5 Å². The van der Waals surface area contributed by atoms with Gasteiger partial charge in [-0.1, -0.05) is 102 Å². The van der Waals surface area contributed by atoms with E-state index < -0.39 is 0 Å². The van der Waals surface area contributed by atoms with Crippen LogP contribution in [0.25, 0.3) is 0 Å². The first-order valence-corrected chi connectivity index (χ1v) is 10.8. The van der Waals surface area contributed by atoms with E-state index >= 15 is 0 Å². The summed E-state index contributed by atoms with van der Waals surface area (Å²) in [6, 6.07) is 0. The van der Waals surface area contributed by atoms with Crippen LogP contribution in [-0.4, -0.2) is 0 Å². The van der Waals surface area contributed by atoms with E-state index in [1.807, 2.05) is 27.7 Å². The maximum absolute atomic E-state index is 2.58. The second-order valence-corrected chi connectivity index (χ2v) is 8.07. The van der Waals surface area contributed by atoms with Gasteiger partial charge in [0.25, 0.3) is 0 Å². The highest BCUT2D eigenvalue weighted by Gasteiger charge is 2.43. The predicted molar refractivity (Wildman–Crippen MR) is 110 cm³/mol. The molecule has 1 saturated carbocycles. The Bertz CT molecular complexity index is 255. The van der Waals surface area contributed by atoms with Crippen molar-refractivity contribution in [3.8, 4) is 0 Å². The second-order valence-electron chi connectivity index (χ2n) is 8.07. The van der Waals surface area contributed by atoms with Crippen molar-refractivity contribution >= 4 is 0 Å². The summed E-state index contributed by atoms with van der Waals surface area (Å²) in [5, 5.41) is 0. The zero-order valence-electron chi connectivity index (χ0n) is 18.6. The molecule has 1 rings (SSSR count). The molecule has 0 heteroatoms. The zero-order valence-corrected chi connectivity index (χ0v) is 18.6. The molecule has 0 aliphatic heterocycles. The van der Waals surface area contributed by atoms with Crippen LogP contribution in [0.3, 0.4) is 0 Å². The van der Waals surface area contributed by atoms with Gasteiger partial charge in [-0.2, -0.15) is 0 Å². The Kier molecular flexibility index (Phi) is 14.6. The lowest BCUT2D eigenvalue weighted by molar-refractivity contribution is -0.00369. The normalized spacial score (nSPS) is 29.7. The molecule has 0 aromatic heterocycles. The lowest BCUT2D eigenvalue weighted by Crippen LogP contribution is -2.42. The molecular weight excluding hydrogens is 276 g/mol. The van der Waals surface area contributed by atoms with Crippen LogP contribution in [0.15, 0.2) is 0 Å². The zero-order chi connectivity index (χ0) is 18.6. The van der Waals surface area contributed by atoms with E-state index in [1.165, 1.54) is 38.5 Å². The molecule has 0 N–H and O–H groups in total. The fraction of sp³-hybridized carbons (Fsp3) is 1.00. The van der Waals surface area contributed by atoms with E-state index in [0.29, 0.717) is 5.41 Å². The van der Waals surface area contributed by atoms with Gasteiger partial charge in [-0.3, -0.25) is 0 Å². The molecule has 0 aromatic carbocycles. The van der Waals surface area contributed by atoms with Gasteiger partial charge in [0.2, 0.25) is 0 Å². The van der Waals surface area contributed by atoms with Crippen LogP contribution in [0, 0.1) is 35.0 Å². The molecule has 0 nitrogen and oxygen atoms in total. The van der Waals surface area contributed by atoms with Crippen molar-refractivity contribution in [2.24, 2.45) is 35.0 Å². The van der Waals surface area contributed by atoms with Crippen molar-refractivity contribution in [2.45, 2.75) is 115 Å². The van der Waals surface area contributed by atoms with Gasteiger partial charge in [0.1, 0.15) is 0 Å². The SMILES string of the molecule is CC.CC.CCC(C)CCC1CCC[C@@](C)(C(C)C(C)C)C1C. The van der Waals surface area contributed by atoms with E-state index in [4.69, 9.17) is 0 Å². The first-order valence-electron chi connectivity index (χ1n) is 10.8. The fourth-order valence-electron chi connectivity index (χ4n) is 4.26. The van der Waals surface area contributed by atoms with E-state index in [-0.39, 0.29) is 0 Å². The minimum atomic E-state index is 0.576. The Morgan fingerprint density at radius 3 is 1.96 bits per heavy atom. The highest BCUT2D eigenvalue weighted by atomic mass is 14.5. The molecule has 0 heterocycles. The third kappa shape index (κ3) is 7.61. The number of hydrogen-bond acceptors (Lipinski definition) is 0. The van der Waals surface area contributed by atoms with Crippen molar-refractivity contribution in [1.82, 2.24) is 0 Å². The van der Waals surface area contributed by atoms with Gasteiger partial charge in [0, 0.05) is 0 Å². The molecule has 0 spiro atoms. The molecule has 5 atom stereocenters. The first kappa shape index (κ1) is 25.2. The van der Waals surface area contributed by atoms with Gasteiger partial charge in [0.05, 0.1) is 0 Å². The summed E-state index contributed by atoms with van der Waals surface area (Å²) in [5.41, 5.74) is 0.576. The third-order valence-corrected chi connectivity index (χ3v) is 6.81. The van der Waals surface area contributed by atoms with Crippen molar-refractivity contribution in [3.63, 3.8) is 0 Å². The molecule has 1 fully saturated rings. The molecule has 0 amide bonds. The fourth-order valence-corrected chi connectivity index (χ4v) is 4.26. The van der Waals surface area contributed by atoms with E-state index in [0.717, 1.165) is 29.6 Å². The highest BCUT2D eigenvalue weighted by molar-refractivity contribution is 4.92. The number of rotatable bonds is 6. The van der Waals surface area contributed by atoms with Gasteiger partial charge in [-0.05, 0) is 47.8 Å². The smallest absolute Gasteiger partial charge is 0.0269 e. The molecule has 0 saturated heterocycles. The first-order chi connectivity index (χ1) is 10.8. The lowest BCUT2D eigenvalue weighted by atomic mass is 9.55. The Balaban J connectivity index is 0. The Morgan fingerprint density at radius 1 is 1.00 bits per heavy atom. The predicted octanol–water partition coefficient (Wildman–Crippen LogP) is 8.60. The highest BCUT2D eigenvalue weighted by Crippen LogP contribution is 2.52. The Hall–Kier alpha value is 0. The average Bonchev–Trinajstić information content (AvgIpc) is 2.58. The maximum Gasteiger partial charge on any atom is -0.0269 e. The molecule has 142 valence electrons.